The second-order valence-electron chi connectivity index (χ2n) is 10.5. The Morgan fingerprint density at radius 1 is 0.744 bits per heavy atom. The molecule has 0 saturated carbocycles. The predicted molar refractivity (Wildman–Crippen MR) is 165 cm³/mol. The fourth-order valence-corrected chi connectivity index (χ4v) is 8.03. The molecular formula is C34H31N4Si+. The molecule has 3 aromatic heterocycles. The molecule has 0 amide bonds. The first kappa shape index (κ1) is 17.9. The molecule has 0 spiro atoms. The van der Waals surface area contributed by atoms with E-state index in [-0.39, 0.29) is 5.56 Å². The van der Waals surface area contributed by atoms with Gasteiger partial charge >= 0.3 is 0 Å². The molecule has 0 bridgehead atoms. The van der Waals surface area contributed by atoms with Crippen molar-refractivity contribution >= 4 is 51.3 Å². The largest absolute Gasteiger partial charge is 0.294 e. The van der Waals surface area contributed by atoms with Crippen LogP contribution in [0.5, 0.6) is 0 Å². The normalized spacial score (nSPS) is 15.0. The highest BCUT2D eigenvalue weighted by Gasteiger charge is 2.28. The fraction of sp³-hybridized carbons (Fsp3) is 0.118. The number of nitrogens with zero attached hydrogens (tertiary/aromatic N) is 4. The first-order valence-corrected chi connectivity index (χ1v) is 16.0. The van der Waals surface area contributed by atoms with Gasteiger partial charge in [-0.2, -0.15) is 4.57 Å². The Bertz CT molecular complexity index is 2240. The van der Waals surface area contributed by atoms with Gasteiger partial charge in [0.05, 0.1) is 22.1 Å². The van der Waals surface area contributed by atoms with E-state index in [1.165, 1.54) is 14.9 Å². The topological polar surface area (TPSA) is 26.6 Å². The van der Waals surface area contributed by atoms with E-state index in [2.05, 4.69) is 59.0 Å². The minimum atomic E-state index is -2.30. The van der Waals surface area contributed by atoms with Crippen molar-refractivity contribution in [3.8, 4) is 11.5 Å². The van der Waals surface area contributed by atoms with Gasteiger partial charge in [-0.15, -0.1) is 0 Å². The molecular weight excluding hydrogens is 492 g/mol. The van der Waals surface area contributed by atoms with Crippen LogP contribution in [-0.2, 0) is 6.98 Å². The average Bonchev–Trinajstić information content (AvgIpc) is 3.57. The monoisotopic (exact) mass is 529 g/mol. The van der Waals surface area contributed by atoms with E-state index in [1.807, 2.05) is 59.2 Å². The molecule has 0 aliphatic rings. The number of fused-ring (bicyclic) bond motifs is 4. The van der Waals surface area contributed by atoms with E-state index >= 15 is 0 Å². The third-order valence-corrected chi connectivity index (χ3v) is 11.4. The lowest BCUT2D eigenvalue weighted by Gasteiger charge is -2.24. The molecule has 7 aromatic rings. The molecule has 0 aliphatic carbocycles. The molecule has 0 saturated heterocycles. The lowest BCUT2D eigenvalue weighted by atomic mass is 10.1. The van der Waals surface area contributed by atoms with Gasteiger partial charge in [-0.25, -0.2) is 9.55 Å². The van der Waals surface area contributed by atoms with Gasteiger partial charge in [-0.3, -0.25) is 4.57 Å². The maximum absolute atomic E-state index is 8.07. The number of aromatic nitrogens is 4. The number of benzene rings is 4. The summed E-state index contributed by atoms with van der Waals surface area (Å²) in [6.07, 6.45) is 3.22. The zero-order valence-electron chi connectivity index (χ0n) is 27.8. The van der Waals surface area contributed by atoms with E-state index in [0.717, 1.165) is 33.0 Å². The fourth-order valence-electron chi connectivity index (χ4n) is 5.68. The summed E-state index contributed by atoms with van der Waals surface area (Å²) >= 11 is 0. The lowest BCUT2D eigenvalue weighted by molar-refractivity contribution is -0.645. The van der Waals surface area contributed by atoms with Crippen LogP contribution in [0.3, 0.4) is 0 Å². The highest BCUT2D eigenvalue weighted by Crippen LogP contribution is 2.31. The van der Waals surface area contributed by atoms with E-state index in [4.69, 9.17) is 8.22 Å². The maximum atomic E-state index is 8.07. The molecule has 190 valence electrons. The van der Waals surface area contributed by atoms with Crippen molar-refractivity contribution in [1.82, 2.24) is 14.1 Å². The Hall–Kier alpha value is -4.48. The quantitative estimate of drug-likeness (QED) is 0.201. The van der Waals surface area contributed by atoms with Crippen molar-refractivity contribution in [3.63, 3.8) is 0 Å². The summed E-state index contributed by atoms with van der Waals surface area (Å²) in [5.41, 5.74) is 4.54. The summed E-state index contributed by atoms with van der Waals surface area (Å²) in [6, 6.07) is 33.8. The van der Waals surface area contributed by atoms with Crippen LogP contribution in [0.1, 0.15) is 13.8 Å². The van der Waals surface area contributed by atoms with Crippen LogP contribution in [-0.4, -0.2) is 22.2 Å². The Labute approximate surface area is 237 Å². The van der Waals surface area contributed by atoms with Gasteiger partial charge in [0.2, 0.25) is 6.33 Å². The predicted octanol–water partition coefficient (Wildman–Crippen LogP) is 6.08. The summed E-state index contributed by atoms with van der Waals surface area (Å²) in [7, 11) is -2.30. The summed E-state index contributed by atoms with van der Waals surface area (Å²) in [5.74, 6) is 0.565. The van der Waals surface area contributed by atoms with Gasteiger partial charge in [0, 0.05) is 21.1 Å². The number of pyridine rings is 1. The Balaban J connectivity index is 1.39. The average molecular weight is 530 g/mol. The number of aryl methyl sites for hydroxylation is 2. The standard InChI is InChI=1S/C34H31N4Si/c1-24-18-19-35-34(20-24)38-30-13-6-5-12-28(30)29-17-16-27(22-33(29)38)39(3,4)26-11-9-10-25(21-26)37-23-36(2)31-14-7-8-15-32(31)37/h5-23H,1-4H3/q+1/i1D3,2D3. The second kappa shape index (κ2) is 8.78. The summed E-state index contributed by atoms with van der Waals surface area (Å²) in [4.78, 5) is 4.61. The minimum absolute atomic E-state index is 0.249. The van der Waals surface area contributed by atoms with Gasteiger partial charge in [0.15, 0.2) is 11.0 Å². The van der Waals surface area contributed by atoms with Gasteiger partial charge in [0.1, 0.15) is 19.6 Å². The van der Waals surface area contributed by atoms with Crippen molar-refractivity contribution in [2.45, 2.75) is 19.9 Å². The van der Waals surface area contributed by atoms with Gasteiger partial charge in [-0.1, -0.05) is 78.1 Å². The third-order valence-electron chi connectivity index (χ3n) is 7.85. The van der Waals surface area contributed by atoms with E-state index in [9.17, 15) is 0 Å². The molecule has 4 aromatic carbocycles. The van der Waals surface area contributed by atoms with Crippen LogP contribution in [0.4, 0.5) is 0 Å². The third kappa shape index (κ3) is 3.73. The van der Waals surface area contributed by atoms with Crippen LogP contribution in [0.15, 0.2) is 116 Å². The van der Waals surface area contributed by atoms with Crippen LogP contribution >= 0.6 is 0 Å². The molecule has 0 aliphatic heterocycles. The van der Waals surface area contributed by atoms with Crippen molar-refractivity contribution in [3.05, 3.63) is 121 Å². The first-order valence-electron chi connectivity index (χ1n) is 16.0. The molecule has 0 fully saturated rings. The zero-order chi connectivity index (χ0) is 31.7. The van der Waals surface area contributed by atoms with Crippen LogP contribution in [0, 0.1) is 6.85 Å². The molecule has 0 atom stereocenters. The van der Waals surface area contributed by atoms with E-state index in [1.54, 1.807) is 24.7 Å². The Morgan fingerprint density at radius 2 is 1.54 bits per heavy atom. The number of rotatable bonds is 4. The summed E-state index contributed by atoms with van der Waals surface area (Å²) in [5, 5.41) is 4.55. The van der Waals surface area contributed by atoms with E-state index < -0.39 is 21.9 Å². The molecule has 3 heterocycles. The number of imidazole rings is 1. The van der Waals surface area contributed by atoms with Crippen LogP contribution in [0.25, 0.3) is 44.3 Å². The van der Waals surface area contributed by atoms with Crippen LogP contribution < -0.4 is 14.9 Å². The van der Waals surface area contributed by atoms with Crippen molar-refractivity contribution in [1.29, 1.82) is 0 Å². The van der Waals surface area contributed by atoms with Crippen molar-refractivity contribution < 1.29 is 12.8 Å². The number of para-hydroxylation sites is 3. The minimum Gasteiger partial charge on any atom is -0.294 e. The molecule has 0 N–H and O–H groups in total. The van der Waals surface area contributed by atoms with Crippen molar-refractivity contribution in [2.75, 3.05) is 0 Å². The highest BCUT2D eigenvalue weighted by molar-refractivity contribution is 7.00. The molecule has 5 heteroatoms. The molecule has 0 radical (unpaired) electrons. The number of hydrogen-bond acceptors (Lipinski definition) is 1. The second-order valence-corrected chi connectivity index (χ2v) is 14.9. The summed E-state index contributed by atoms with van der Waals surface area (Å²) in [6.45, 7) is 0.0753. The SMILES string of the molecule is [2H]C([2H])([2H])c1ccnc(-n2c3ccccc3c3ccc([Si](C)(C)c4cccc(-n5c[n+](C([2H])([2H])[2H])c6ccccc65)c4)cc32)c1. The van der Waals surface area contributed by atoms with Gasteiger partial charge < -0.3 is 0 Å². The van der Waals surface area contributed by atoms with E-state index in [0.29, 0.717) is 11.3 Å². The van der Waals surface area contributed by atoms with Crippen LogP contribution in [0.2, 0.25) is 13.1 Å². The highest BCUT2D eigenvalue weighted by atomic mass is 28.3. The molecule has 0 unspecified atom stereocenters. The smallest absolute Gasteiger partial charge is 0.249 e. The molecule has 39 heavy (non-hydrogen) atoms. The van der Waals surface area contributed by atoms with Gasteiger partial charge in [0.25, 0.3) is 0 Å². The zero-order valence-corrected chi connectivity index (χ0v) is 22.8. The lowest BCUT2D eigenvalue weighted by Crippen LogP contribution is -2.52. The molecule has 4 nitrogen and oxygen atoms in total. The Morgan fingerprint density at radius 3 is 2.41 bits per heavy atom. The van der Waals surface area contributed by atoms with Crippen molar-refractivity contribution in [2.24, 2.45) is 6.98 Å². The Kier molecular flexibility index (Phi) is 4.04. The summed E-state index contributed by atoms with van der Waals surface area (Å²) < 4.78 is 53.4. The van der Waals surface area contributed by atoms with Gasteiger partial charge in [-0.05, 0) is 60.9 Å². The molecule has 7 rings (SSSR count). The maximum Gasteiger partial charge on any atom is 0.249 e. The first-order chi connectivity index (χ1) is 21.3. The number of hydrogen-bond donors (Lipinski definition) is 0.